The standard InChI is InChI=1S/C25H30N2O7S2/c1-33-17-7-11-26(12-8-17)35(29,30)19-3-5-21-22-6-4-20(16-24(22)25(28)23(21)15-19)36(31,32)27-13-9-18(34-2)10-14-27/h3-6,15-18H,7-14H2,1-2H3. The van der Waals surface area contributed by atoms with Gasteiger partial charge in [-0.2, -0.15) is 8.61 Å². The molecule has 2 saturated heterocycles. The van der Waals surface area contributed by atoms with Crippen molar-refractivity contribution in [2.45, 2.75) is 47.7 Å². The van der Waals surface area contributed by atoms with Crippen molar-refractivity contribution < 1.29 is 31.1 Å². The number of nitrogens with zero attached hydrogens (tertiary/aromatic N) is 2. The largest absolute Gasteiger partial charge is 0.381 e. The first-order valence-electron chi connectivity index (χ1n) is 12.1. The number of carbonyl (C=O) groups excluding carboxylic acids is 1. The summed E-state index contributed by atoms with van der Waals surface area (Å²) in [6, 6.07) is 9.14. The van der Waals surface area contributed by atoms with Crippen LogP contribution in [-0.2, 0) is 29.5 Å². The highest BCUT2D eigenvalue weighted by molar-refractivity contribution is 7.89. The van der Waals surface area contributed by atoms with Gasteiger partial charge in [0, 0.05) is 51.5 Å². The second kappa shape index (κ2) is 9.62. The van der Waals surface area contributed by atoms with Crippen LogP contribution in [0.3, 0.4) is 0 Å². The Kier molecular flexibility index (Phi) is 6.81. The predicted octanol–water partition coefficient (Wildman–Crippen LogP) is 2.50. The summed E-state index contributed by atoms with van der Waals surface area (Å²) in [7, 11) is -4.28. The Morgan fingerprint density at radius 3 is 1.33 bits per heavy atom. The van der Waals surface area contributed by atoms with Gasteiger partial charge < -0.3 is 9.47 Å². The first-order chi connectivity index (χ1) is 17.2. The summed E-state index contributed by atoms with van der Waals surface area (Å²) in [6.45, 7) is 1.42. The van der Waals surface area contributed by atoms with Gasteiger partial charge in [-0.3, -0.25) is 4.79 Å². The smallest absolute Gasteiger partial charge is 0.243 e. The van der Waals surface area contributed by atoms with Gasteiger partial charge in [0.2, 0.25) is 20.0 Å². The molecule has 194 valence electrons. The molecule has 1 aliphatic carbocycles. The van der Waals surface area contributed by atoms with Crippen molar-refractivity contribution in [3.8, 4) is 11.1 Å². The molecule has 2 aliphatic heterocycles. The molecular weight excluding hydrogens is 504 g/mol. The lowest BCUT2D eigenvalue weighted by Gasteiger charge is -2.30. The molecule has 11 heteroatoms. The van der Waals surface area contributed by atoms with Gasteiger partial charge in [-0.1, -0.05) is 12.1 Å². The van der Waals surface area contributed by atoms with E-state index in [-0.39, 0.29) is 38.9 Å². The third-order valence-corrected chi connectivity index (χ3v) is 11.3. The Labute approximate surface area is 212 Å². The van der Waals surface area contributed by atoms with Crippen molar-refractivity contribution in [3.63, 3.8) is 0 Å². The summed E-state index contributed by atoms with van der Waals surface area (Å²) in [5, 5.41) is 0. The Balaban J connectivity index is 1.41. The maximum Gasteiger partial charge on any atom is 0.243 e. The maximum atomic E-state index is 13.3. The van der Waals surface area contributed by atoms with Gasteiger partial charge in [0.15, 0.2) is 5.78 Å². The van der Waals surface area contributed by atoms with E-state index < -0.39 is 20.0 Å². The fourth-order valence-corrected chi connectivity index (χ4v) is 8.27. The predicted molar refractivity (Wildman–Crippen MR) is 133 cm³/mol. The van der Waals surface area contributed by atoms with Gasteiger partial charge in [-0.15, -0.1) is 0 Å². The van der Waals surface area contributed by atoms with Crippen LogP contribution in [0.25, 0.3) is 11.1 Å². The summed E-state index contributed by atoms with van der Waals surface area (Å²) < 4.78 is 66.5. The summed E-state index contributed by atoms with van der Waals surface area (Å²) in [6.07, 6.45) is 2.56. The molecule has 0 amide bonds. The van der Waals surface area contributed by atoms with Gasteiger partial charge in [-0.05, 0) is 61.1 Å². The average Bonchev–Trinajstić information content (AvgIpc) is 3.19. The van der Waals surface area contributed by atoms with E-state index in [4.69, 9.17) is 9.47 Å². The number of rotatable bonds is 6. The fourth-order valence-electron chi connectivity index (χ4n) is 5.27. The Bertz CT molecular complexity index is 1280. The maximum absolute atomic E-state index is 13.3. The number of ketones is 1. The van der Waals surface area contributed by atoms with Crippen molar-refractivity contribution in [2.24, 2.45) is 0 Å². The second-order valence-electron chi connectivity index (χ2n) is 9.42. The molecule has 0 aromatic heterocycles. The quantitative estimate of drug-likeness (QED) is 0.478. The Morgan fingerprint density at radius 2 is 1.00 bits per heavy atom. The van der Waals surface area contributed by atoms with Crippen LogP contribution >= 0.6 is 0 Å². The van der Waals surface area contributed by atoms with Gasteiger partial charge in [0.05, 0.1) is 22.0 Å². The molecule has 0 N–H and O–H groups in total. The second-order valence-corrected chi connectivity index (χ2v) is 13.3. The molecule has 2 aromatic carbocycles. The molecule has 0 saturated carbocycles. The summed E-state index contributed by atoms with van der Waals surface area (Å²) in [4.78, 5) is 13.4. The molecule has 0 spiro atoms. The number of hydrogen-bond acceptors (Lipinski definition) is 7. The topological polar surface area (TPSA) is 110 Å². The molecule has 2 heterocycles. The molecule has 3 aliphatic rings. The molecular formula is C25H30N2O7S2. The summed E-state index contributed by atoms with van der Waals surface area (Å²) >= 11 is 0. The number of methoxy groups -OCH3 is 2. The third-order valence-electron chi connectivity index (χ3n) is 7.51. The number of benzene rings is 2. The lowest BCUT2D eigenvalue weighted by Crippen LogP contribution is -2.40. The van der Waals surface area contributed by atoms with Crippen molar-refractivity contribution in [2.75, 3.05) is 40.4 Å². The van der Waals surface area contributed by atoms with Crippen molar-refractivity contribution in [1.29, 1.82) is 0 Å². The number of ether oxygens (including phenoxy) is 2. The molecule has 5 rings (SSSR count). The number of hydrogen-bond donors (Lipinski definition) is 0. The first-order valence-corrected chi connectivity index (χ1v) is 14.9. The van der Waals surface area contributed by atoms with Crippen LogP contribution in [0.5, 0.6) is 0 Å². The van der Waals surface area contributed by atoms with Gasteiger partial charge in [-0.25, -0.2) is 16.8 Å². The van der Waals surface area contributed by atoms with Crippen LogP contribution in [-0.4, -0.2) is 83.8 Å². The van der Waals surface area contributed by atoms with Crippen molar-refractivity contribution in [1.82, 2.24) is 8.61 Å². The minimum Gasteiger partial charge on any atom is -0.381 e. The molecule has 0 atom stereocenters. The highest BCUT2D eigenvalue weighted by Gasteiger charge is 2.35. The fraction of sp³-hybridized carbons (Fsp3) is 0.480. The molecule has 0 unspecified atom stereocenters. The molecule has 2 aromatic rings. The van der Waals surface area contributed by atoms with Crippen LogP contribution in [0.15, 0.2) is 46.2 Å². The zero-order valence-corrected chi connectivity index (χ0v) is 22.0. The zero-order chi connectivity index (χ0) is 25.7. The third kappa shape index (κ3) is 4.31. The molecule has 9 nitrogen and oxygen atoms in total. The first kappa shape index (κ1) is 25.5. The van der Waals surface area contributed by atoms with Crippen LogP contribution in [0, 0.1) is 0 Å². The minimum atomic E-state index is -3.77. The van der Waals surface area contributed by atoms with Crippen molar-refractivity contribution >= 4 is 25.8 Å². The Hall–Kier alpha value is -2.15. The normalized spacial score (nSPS) is 20.4. The van der Waals surface area contributed by atoms with E-state index in [1.54, 1.807) is 26.4 Å². The SMILES string of the molecule is COC1CCN(S(=O)(=O)c2ccc3c(c2)C(=O)c2cc(S(=O)(=O)N4CCC(OC)CC4)ccc2-3)CC1. The highest BCUT2D eigenvalue weighted by Crippen LogP contribution is 2.39. The summed E-state index contributed by atoms with van der Waals surface area (Å²) in [5.41, 5.74) is 1.76. The van der Waals surface area contributed by atoms with E-state index in [1.807, 2.05) is 0 Å². The average molecular weight is 535 g/mol. The van der Waals surface area contributed by atoms with Gasteiger partial charge >= 0.3 is 0 Å². The summed E-state index contributed by atoms with van der Waals surface area (Å²) in [5.74, 6) is -0.370. The lowest BCUT2D eigenvalue weighted by molar-refractivity contribution is 0.0603. The van der Waals surface area contributed by atoms with Crippen LogP contribution in [0.2, 0.25) is 0 Å². The van der Waals surface area contributed by atoms with E-state index in [9.17, 15) is 21.6 Å². The molecule has 0 radical (unpaired) electrons. The van der Waals surface area contributed by atoms with E-state index in [0.29, 0.717) is 63.0 Å². The minimum absolute atomic E-state index is 0.0457. The van der Waals surface area contributed by atoms with E-state index in [0.717, 1.165) is 0 Å². The monoisotopic (exact) mass is 534 g/mol. The number of fused-ring (bicyclic) bond motifs is 3. The van der Waals surface area contributed by atoms with E-state index in [2.05, 4.69) is 0 Å². The highest BCUT2D eigenvalue weighted by atomic mass is 32.2. The molecule has 0 bridgehead atoms. The van der Waals surface area contributed by atoms with E-state index in [1.165, 1.54) is 32.9 Å². The van der Waals surface area contributed by atoms with Crippen molar-refractivity contribution in [3.05, 3.63) is 47.5 Å². The van der Waals surface area contributed by atoms with Crippen LogP contribution in [0.4, 0.5) is 0 Å². The van der Waals surface area contributed by atoms with E-state index >= 15 is 0 Å². The number of sulfonamides is 2. The molecule has 36 heavy (non-hydrogen) atoms. The zero-order valence-electron chi connectivity index (χ0n) is 20.3. The van der Waals surface area contributed by atoms with Crippen LogP contribution in [0.1, 0.15) is 41.6 Å². The van der Waals surface area contributed by atoms with Gasteiger partial charge in [0.1, 0.15) is 0 Å². The molecule has 2 fully saturated rings. The van der Waals surface area contributed by atoms with Crippen LogP contribution < -0.4 is 0 Å². The number of piperidine rings is 2. The number of carbonyl (C=O) groups is 1. The Morgan fingerprint density at radius 1 is 0.639 bits per heavy atom. The van der Waals surface area contributed by atoms with Gasteiger partial charge in [0.25, 0.3) is 0 Å². The lowest BCUT2D eigenvalue weighted by atomic mass is 10.1.